The van der Waals surface area contributed by atoms with Crippen LogP contribution in [0.1, 0.15) is 20.3 Å². The monoisotopic (exact) mass is 201 g/mol. The van der Waals surface area contributed by atoms with Crippen LogP contribution in [-0.4, -0.2) is 47.3 Å². The largest absolute Gasteiger partial charge is 0.395 e. The zero-order chi connectivity index (χ0) is 10.8. The summed E-state index contributed by atoms with van der Waals surface area (Å²) in [5, 5.41) is 17.5. The van der Waals surface area contributed by atoms with Crippen molar-refractivity contribution in [3.8, 4) is 0 Å². The van der Waals surface area contributed by atoms with Crippen LogP contribution in [0.2, 0.25) is 0 Å². The first-order valence-electron chi connectivity index (χ1n) is 5.03. The number of carbonyl (C=O) groups excluding carboxylic acids is 1. The molecular weight excluding hydrogens is 182 g/mol. The maximum absolute atomic E-state index is 11.8. The van der Waals surface area contributed by atoms with Crippen LogP contribution in [0.5, 0.6) is 0 Å². The van der Waals surface area contributed by atoms with Gasteiger partial charge in [-0.2, -0.15) is 0 Å². The van der Waals surface area contributed by atoms with Crippen molar-refractivity contribution >= 4 is 5.91 Å². The van der Waals surface area contributed by atoms with Gasteiger partial charge in [-0.15, -0.1) is 0 Å². The molecule has 0 spiro atoms. The Labute approximate surface area is 84.5 Å². The number of hydrogen-bond donors (Lipinski definition) is 2. The topological polar surface area (TPSA) is 60.8 Å². The summed E-state index contributed by atoms with van der Waals surface area (Å²) in [5.74, 6) is 0.152. The molecule has 14 heavy (non-hydrogen) atoms. The summed E-state index contributed by atoms with van der Waals surface area (Å²) in [6.45, 7) is 4.69. The first-order valence-corrected chi connectivity index (χ1v) is 5.03. The average molecular weight is 201 g/mol. The van der Waals surface area contributed by atoms with E-state index in [4.69, 9.17) is 10.2 Å². The second-order valence-corrected chi connectivity index (χ2v) is 4.52. The fourth-order valence-corrected chi connectivity index (χ4v) is 1.68. The van der Waals surface area contributed by atoms with E-state index in [-0.39, 0.29) is 30.5 Å². The van der Waals surface area contributed by atoms with Crippen molar-refractivity contribution in [1.29, 1.82) is 0 Å². The second-order valence-electron chi connectivity index (χ2n) is 4.52. The smallest absolute Gasteiger partial charge is 0.226 e. The van der Waals surface area contributed by atoms with E-state index < -0.39 is 0 Å². The zero-order valence-electron chi connectivity index (χ0n) is 8.86. The van der Waals surface area contributed by atoms with E-state index in [1.807, 2.05) is 0 Å². The summed E-state index contributed by atoms with van der Waals surface area (Å²) in [6.07, 6.45) is 0.916. The van der Waals surface area contributed by atoms with Gasteiger partial charge in [-0.3, -0.25) is 4.79 Å². The number of amides is 1. The maximum atomic E-state index is 11.8. The minimum Gasteiger partial charge on any atom is -0.395 e. The molecule has 1 aliphatic rings. The van der Waals surface area contributed by atoms with Crippen LogP contribution < -0.4 is 0 Å². The first kappa shape index (κ1) is 11.5. The molecule has 0 aromatic heterocycles. The lowest BCUT2D eigenvalue weighted by Gasteiger charge is -2.21. The molecule has 1 fully saturated rings. The van der Waals surface area contributed by atoms with E-state index in [9.17, 15) is 4.79 Å². The number of aliphatic hydroxyl groups is 2. The molecule has 0 radical (unpaired) electrons. The van der Waals surface area contributed by atoms with Gasteiger partial charge in [-0.05, 0) is 11.8 Å². The number of hydrogen-bond acceptors (Lipinski definition) is 3. The highest BCUT2D eigenvalue weighted by Crippen LogP contribution is 2.52. The van der Waals surface area contributed by atoms with Gasteiger partial charge < -0.3 is 15.1 Å². The molecule has 1 atom stereocenters. The third-order valence-electron chi connectivity index (χ3n) is 2.86. The van der Waals surface area contributed by atoms with Crippen LogP contribution in [-0.2, 0) is 4.79 Å². The summed E-state index contributed by atoms with van der Waals surface area (Å²) >= 11 is 0. The molecule has 0 heterocycles. The highest BCUT2D eigenvalue weighted by atomic mass is 16.3. The summed E-state index contributed by atoms with van der Waals surface area (Å²) in [4.78, 5) is 13.3. The highest BCUT2D eigenvalue weighted by Gasteiger charge is 2.51. The number of rotatable bonds is 5. The van der Waals surface area contributed by atoms with E-state index in [1.54, 1.807) is 4.90 Å². The fourth-order valence-electron chi connectivity index (χ4n) is 1.68. The van der Waals surface area contributed by atoms with Crippen LogP contribution >= 0.6 is 0 Å². The molecule has 0 bridgehead atoms. The van der Waals surface area contributed by atoms with Gasteiger partial charge in [0.05, 0.1) is 13.2 Å². The molecule has 0 aliphatic heterocycles. The van der Waals surface area contributed by atoms with Crippen molar-refractivity contribution in [2.45, 2.75) is 20.3 Å². The minimum atomic E-state index is -0.0428. The molecule has 0 aromatic rings. The van der Waals surface area contributed by atoms with E-state index >= 15 is 0 Å². The van der Waals surface area contributed by atoms with E-state index in [0.717, 1.165) is 6.42 Å². The summed E-state index contributed by atoms with van der Waals surface area (Å²) in [7, 11) is 0. The van der Waals surface area contributed by atoms with Gasteiger partial charge in [0.25, 0.3) is 0 Å². The molecule has 4 nitrogen and oxygen atoms in total. The Bertz CT molecular complexity index is 209. The van der Waals surface area contributed by atoms with Gasteiger partial charge in [-0.1, -0.05) is 13.8 Å². The Morgan fingerprint density at radius 1 is 1.36 bits per heavy atom. The fraction of sp³-hybridized carbons (Fsp3) is 0.900. The van der Waals surface area contributed by atoms with Crippen molar-refractivity contribution in [3.63, 3.8) is 0 Å². The zero-order valence-corrected chi connectivity index (χ0v) is 8.86. The van der Waals surface area contributed by atoms with E-state index in [2.05, 4.69) is 13.8 Å². The summed E-state index contributed by atoms with van der Waals surface area (Å²) in [6, 6.07) is 0. The Hall–Kier alpha value is -0.610. The Balaban J connectivity index is 2.47. The van der Waals surface area contributed by atoms with Crippen LogP contribution in [0.3, 0.4) is 0 Å². The number of nitrogens with zero attached hydrogens (tertiary/aromatic N) is 1. The van der Waals surface area contributed by atoms with Crippen molar-refractivity contribution in [2.24, 2.45) is 11.3 Å². The maximum Gasteiger partial charge on any atom is 0.226 e. The Morgan fingerprint density at radius 3 is 2.07 bits per heavy atom. The van der Waals surface area contributed by atoms with Crippen LogP contribution in [0, 0.1) is 11.3 Å². The van der Waals surface area contributed by atoms with Crippen molar-refractivity contribution < 1.29 is 15.0 Å². The molecule has 4 heteroatoms. The van der Waals surface area contributed by atoms with Gasteiger partial charge in [0, 0.05) is 19.0 Å². The molecule has 82 valence electrons. The van der Waals surface area contributed by atoms with Crippen molar-refractivity contribution in [2.75, 3.05) is 26.3 Å². The van der Waals surface area contributed by atoms with Gasteiger partial charge in [0.15, 0.2) is 0 Å². The molecule has 1 unspecified atom stereocenters. The second kappa shape index (κ2) is 4.28. The summed E-state index contributed by atoms with van der Waals surface area (Å²) < 4.78 is 0. The average Bonchev–Trinajstić information content (AvgIpc) is 2.74. The van der Waals surface area contributed by atoms with Crippen molar-refractivity contribution in [1.82, 2.24) is 4.90 Å². The molecule has 1 saturated carbocycles. The quantitative estimate of drug-likeness (QED) is 0.650. The third-order valence-corrected chi connectivity index (χ3v) is 2.86. The Morgan fingerprint density at radius 2 is 1.79 bits per heavy atom. The molecular formula is C10H19NO3. The molecule has 0 aromatic carbocycles. The third kappa shape index (κ3) is 2.45. The van der Waals surface area contributed by atoms with E-state index in [1.165, 1.54) is 0 Å². The normalized spacial score (nSPS) is 23.3. The van der Waals surface area contributed by atoms with Gasteiger partial charge in [0.2, 0.25) is 5.91 Å². The standard InChI is InChI=1S/C10H19NO3/c1-10(2)7-8(10)9(14)11(3-5-12)4-6-13/h8,12-13H,3-7H2,1-2H3. The molecule has 0 saturated heterocycles. The van der Waals surface area contributed by atoms with Gasteiger partial charge in [-0.25, -0.2) is 0 Å². The minimum absolute atomic E-state index is 0.0428. The predicted molar refractivity (Wildman–Crippen MR) is 52.6 cm³/mol. The molecule has 2 N–H and O–H groups in total. The van der Waals surface area contributed by atoms with Gasteiger partial charge in [0.1, 0.15) is 0 Å². The first-order chi connectivity index (χ1) is 6.53. The highest BCUT2D eigenvalue weighted by molar-refractivity contribution is 5.82. The predicted octanol–water partition coefficient (Wildman–Crippen LogP) is -0.154. The molecule has 1 aliphatic carbocycles. The van der Waals surface area contributed by atoms with E-state index in [0.29, 0.717) is 13.1 Å². The molecule has 1 amide bonds. The summed E-state index contributed by atoms with van der Waals surface area (Å²) in [5.41, 5.74) is 0.111. The number of carbonyl (C=O) groups is 1. The number of aliphatic hydroxyl groups excluding tert-OH is 2. The lowest BCUT2D eigenvalue weighted by atomic mass is 10.1. The molecule has 1 rings (SSSR count). The lowest BCUT2D eigenvalue weighted by molar-refractivity contribution is -0.134. The lowest BCUT2D eigenvalue weighted by Crippen LogP contribution is -2.37. The Kier molecular flexibility index (Phi) is 3.50. The van der Waals surface area contributed by atoms with Crippen LogP contribution in [0.15, 0.2) is 0 Å². The van der Waals surface area contributed by atoms with Crippen LogP contribution in [0.4, 0.5) is 0 Å². The van der Waals surface area contributed by atoms with Crippen molar-refractivity contribution in [3.05, 3.63) is 0 Å². The SMILES string of the molecule is CC1(C)CC1C(=O)N(CCO)CCO. The van der Waals surface area contributed by atoms with Gasteiger partial charge >= 0.3 is 0 Å². The van der Waals surface area contributed by atoms with Crippen LogP contribution in [0.25, 0.3) is 0 Å².